The number of rotatable bonds is 4. The summed E-state index contributed by atoms with van der Waals surface area (Å²) in [5, 5.41) is 14.4. The van der Waals surface area contributed by atoms with Crippen molar-refractivity contribution in [2.45, 2.75) is 12.5 Å². The Morgan fingerprint density at radius 3 is 2.74 bits per heavy atom. The minimum absolute atomic E-state index is 0.00997. The first-order valence-electron chi connectivity index (χ1n) is 7.15. The van der Waals surface area contributed by atoms with Crippen molar-refractivity contribution in [2.24, 2.45) is 5.10 Å². The molecule has 2 aromatic rings. The van der Waals surface area contributed by atoms with E-state index in [0.29, 0.717) is 6.42 Å². The average Bonchev–Trinajstić information content (AvgIpc) is 3.06. The molecular formula is C17H17BrN2O3. The Kier molecular flexibility index (Phi) is 4.43. The van der Waals surface area contributed by atoms with E-state index in [0.717, 1.165) is 32.8 Å². The third-order valence-corrected chi connectivity index (χ3v) is 4.33. The fourth-order valence-corrected chi connectivity index (χ4v) is 3.00. The molecule has 2 N–H and O–H groups in total. The molecule has 0 spiro atoms. The Morgan fingerprint density at radius 2 is 2.00 bits per heavy atom. The number of phenols is 1. The van der Waals surface area contributed by atoms with Gasteiger partial charge in [0.15, 0.2) is 0 Å². The maximum absolute atomic E-state index is 10.1. The van der Waals surface area contributed by atoms with E-state index in [4.69, 9.17) is 9.47 Å². The molecule has 0 radical (unpaired) electrons. The first-order chi connectivity index (χ1) is 11.1. The zero-order valence-electron chi connectivity index (χ0n) is 12.8. The minimum Gasteiger partial charge on any atom is -0.507 e. The SMILES string of the molecule is COc1ccc(C2CC(c3cc(Br)ccc3O)=NN2)c(OC)c1. The number of hydrogen-bond acceptors (Lipinski definition) is 5. The summed E-state index contributed by atoms with van der Waals surface area (Å²) in [4.78, 5) is 0. The van der Waals surface area contributed by atoms with Crippen molar-refractivity contribution < 1.29 is 14.6 Å². The maximum atomic E-state index is 10.1. The molecule has 0 fully saturated rings. The highest BCUT2D eigenvalue weighted by Crippen LogP contribution is 2.35. The molecule has 120 valence electrons. The Balaban J connectivity index is 1.86. The molecule has 5 nitrogen and oxygen atoms in total. The Hall–Kier alpha value is -2.21. The molecule has 1 atom stereocenters. The van der Waals surface area contributed by atoms with Crippen LogP contribution >= 0.6 is 15.9 Å². The Morgan fingerprint density at radius 1 is 1.17 bits per heavy atom. The largest absolute Gasteiger partial charge is 0.507 e. The second-order valence-corrected chi connectivity index (χ2v) is 6.13. The molecule has 0 bridgehead atoms. The van der Waals surface area contributed by atoms with Crippen molar-refractivity contribution in [3.8, 4) is 17.2 Å². The number of nitrogens with one attached hydrogen (secondary N) is 1. The van der Waals surface area contributed by atoms with Crippen molar-refractivity contribution in [1.29, 1.82) is 0 Å². The van der Waals surface area contributed by atoms with E-state index in [1.54, 1.807) is 26.4 Å². The molecule has 0 aliphatic carbocycles. The molecule has 23 heavy (non-hydrogen) atoms. The lowest BCUT2D eigenvalue weighted by molar-refractivity contribution is 0.386. The molecule has 1 unspecified atom stereocenters. The van der Waals surface area contributed by atoms with Gasteiger partial charge in [-0.2, -0.15) is 5.10 Å². The van der Waals surface area contributed by atoms with Crippen molar-refractivity contribution in [1.82, 2.24) is 5.43 Å². The summed E-state index contributed by atoms with van der Waals surface area (Å²) in [6, 6.07) is 11.0. The van der Waals surface area contributed by atoms with Gasteiger partial charge in [0.25, 0.3) is 0 Å². The van der Waals surface area contributed by atoms with E-state index in [-0.39, 0.29) is 11.8 Å². The molecule has 0 amide bonds. The van der Waals surface area contributed by atoms with Crippen molar-refractivity contribution >= 4 is 21.6 Å². The van der Waals surface area contributed by atoms with Gasteiger partial charge >= 0.3 is 0 Å². The molecule has 1 aliphatic rings. The maximum Gasteiger partial charge on any atom is 0.127 e. The number of hydrogen-bond donors (Lipinski definition) is 2. The fraction of sp³-hybridized carbons (Fsp3) is 0.235. The molecule has 0 saturated carbocycles. The molecule has 2 aromatic carbocycles. The van der Waals surface area contributed by atoms with Crippen LogP contribution < -0.4 is 14.9 Å². The number of nitrogens with zero attached hydrogens (tertiary/aromatic N) is 1. The zero-order valence-corrected chi connectivity index (χ0v) is 14.4. The van der Waals surface area contributed by atoms with E-state index >= 15 is 0 Å². The predicted octanol–water partition coefficient (Wildman–Crippen LogP) is 3.61. The Bertz CT molecular complexity index is 761. The van der Waals surface area contributed by atoms with Crippen LogP contribution in [0.2, 0.25) is 0 Å². The highest BCUT2D eigenvalue weighted by atomic mass is 79.9. The number of ether oxygens (including phenoxy) is 2. The topological polar surface area (TPSA) is 63.1 Å². The van der Waals surface area contributed by atoms with Gasteiger partial charge in [0.05, 0.1) is 26.0 Å². The standard InChI is InChI=1S/C17H17BrN2O3/c1-22-11-4-5-12(17(8-11)23-2)14-9-15(20-19-14)13-7-10(18)3-6-16(13)21/h3-8,14,19,21H,9H2,1-2H3. The van der Waals surface area contributed by atoms with Gasteiger partial charge in [-0.05, 0) is 30.3 Å². The lowest BCUT2D eigenvalue weighted by Crippen LogP contribution is -2.11. The van der Waals surface area contributed by atoms with Crippen LogP contribution in [0.5, 0.6) is 17.2 Å². The third kappa shape index (κ3) is 3.12. The van der Waals surface area contributed by atoms with E-state index in [1.165, 1.54) is 0 Å². The molecule has 1 heterocycles. The highest BCUT2D eigenvalue weighted by molar-refractivity contribution is 9.10. The molecule has 1 aliphatic heterocycles. The van der Waals surface area contributed by atoms with E-state index in [1.807, 2.05) is 24.3 Å². The fourth-order valence-electron chi connectivity index (χ4n) is 2.64. The van der Waals surface area contributed by atoms with Crippen LogP contribution in [0.25, 0.3) is 0 Å². The average molecular weight is 377 g/mol. The summed E-state index contributed by atoms with van der Waals surface area (Å²) in [6.45, 7) is 0. The first-order valence-corrected chi connectivity index (χ1v) is 7.94. The zero-order chi connectivity index (χ0) is 16.4. The normalized spacial score (nSPS) is 16.7. The lowest BCUT2D eigenvalue weighted by atomic mass is 9.98. The predicted molar refractivity (Wildman–Crippen MR) is 92.4 cm³/mol. The van der Waals surface area contributed by atoms with Crippen LogP contribution in [0, 0.1) is 0 Å². The molecule has 3 rings (SSSR count). The summed E-state index contributed by atoms with van der Waals surface area (Å²) in [6.07, 6.45) is 0.659. The first kappa shape index (κ1) is 15.7. The van der Waals surface area contributed by atoms with Gasteiger partial charge < -0.3 is 20.0 Å². The monoisotopic (exact) mass is 376 g/mol. The highest BCUT2D eigenvalue weighted by Gasteiger charge is 2.25. The molecule has 0 aromatic heterocycles. The quantitative estimate of drug-likeness (QED) is 0.855. The molecule has 6 heteroatoms. The van der Waals surface area contributed by atoms with E-state index in [2.05, 4.69) is 26.5 Å². The van der Waals surface area contributed by atoms with Gasteiger partial charge in [-0.15, -0.1) is 0 Å². The number of hydrazone groups is 1. The van der Waals surface area contributed by atoms with E-state index in [9.17, 15) is 5.11 Å². The molecule has 0 saturated heterocycles. The van der Waals surface area contributed by atoms with Gasteiger partial charge in [0, 0.05) is 28.1 Å². The summed E-state index contributed by atoms with van der Waals surface area (Å²) in [7, 11) is 3.26. The number of aromatic hydroxyl groups is 1. The van der Waals surface area contributed by atoms with Gasteiger partial charge in [0.2, 0.25) is 0 Å². The van der Waals surface area contributed by atoms with Gasteiger partial charge in [0.1, 0.15) is 17.2 Å². The van der Waals surface area contributed by atoms with Crippen LogP contribution in [0.15, 0.2) is 46.0 Å². The number of phenolic OH excluding ortho intramolecular Hbond substituents is 1. The van der Waals surface area contributed by atoms with Gasteiger partial charge in [-0.25, -0.2) is 0 Å². The van der Waals surface area contributed by atoms with Crippen molar-refractivity contribution in [3.63, 3.8) is 0 Å². The van der Waals surface area contributed by atoms with Gasteiger partial charge in [-0.1, -0.05) is 15.9 Å². The number of benzene rings is 2. The van der Waals surface area contributed by atoms with Crippen molar-refractivity contribution in [2.75, 3.05) is 14.2 Å². The van der Waals surface area contributed by atoms with E-state index < -0.39 is 0 Å². The number of methoxy groups -OCH3 is 2. The smallest absolute Gasteiger partial charge is 0.127 e. The molecular weight excluding hydrogens is 360 g/mol. The number of halogens is 1. The summed E-state index contributed by atoms with van der Waals surface area (Å²) < 4.78 is 11.6. The van der Waals surface area contributed by atoms with Crippen molar-refractivity contribution in [3.05, 3.63) is 52.0 Å². The minimum atomic E-state index is -0.00997. The Labute approximate surface area is 143 Å². The second kappa shape index (κ2) is 6.50. The van der Waals surface area contributed by atoms with Gasteiger partial charge in [-0.3, -0.25) is 0 Å². The summed E-state index contributed by atoms with van der Waals surface area (Å²) in [5.41, 5.74) is 5.66. The van der Waals surface area contributed by atoms with Crippen LogP contribution in [0.3, 0.4) is 0 Å². The second-order valence-electron chi connectivity index (χ2n) is 5.21. The van der Waals surface area contributed by atoms with Crippen LogP contribution in [-0.2, 0) is 0 Å². The summed E-state index contributed by atoms with van der Waals surface area (Å²) >= 11 is 3.42. The lowest BCUT2D eigenvalue weighted by Gasteiger charge is -2.15. The van der Waals surface area contributed by atoms with Crippen LogP contribution in [0.4, 0.5) is 0 Å². The summed E-state index contributed by atoms with van der Waals surface area (Å²) in [5.74, 6) is 1.71. The van der Waals surface area contributed by atoms with Crippen LogP contribution in [-0.4, -0.2) is 25.0 Å². The van der Waals surface area contributed by atoms with Crippen LogP contribution in [0.1, 0.15) is 23.6 Å². The third-order valence-electron chi connectivity index (χ3n) is 3.84.